The molecule has 0 bridgehead atoms. The minimum absolute atomic E-state index is 0.0679. The molecule has 0 N–H and O–H groups in total. The van der Waals surface area contributed by atoms with Crippen molar-refractivity contribution in [2.45, 2.75) is 19.5 Å². The molecule has 0 saturated heterocycles. The number of hydrogen-bond donors (Lipinski definition) is 0. The summed E-state index contributed by atoms with van der Waals surface area (Å²) in [4.78, 5) is 23.6. The van der Waals surface area contributed by atoms with Crippen molar-refractivity contribution in [3.63, 3.8) is 0 Å². The second-order valence-corrected chi connectivity index (χ2v) is 8.91. The number of carbonyl (C=O) groups excluding carboxylic acids is 1. The monoisotopic (exact) mass is 506 g/mol. The van der Waals surface area contributed by atoms with E-state index in [1.165, 1.54) is 12.1 Å². The van der Waals surface area contributed by atoms with Crippen LogP contribution in [0, 0.1) is 5.82 Å². The van der Waals surface area contributed by atoms with E-state index in [1.807, 2.05) is 76.3 Å². The van der Waals surface area contributed by atoms with Gasteiger partial charge in [-0.2, -0.15) is 0 Å². The van der Waals surface area contributed by atoms with Gasteiger partial charge in [-0.15, -0.1) is 0 Å². The number of halogens is 1. The summed E-state index contributed by atoms with van der Waals surface area (Å²) < 4.78 is 21.0. The van der Waals surface area contributed by atoms with Gasteiger partial charge in [-0.3, -0.25) is 9.78 Å². The van der Waals surface area contributed by atoms with Crippen molar-refractivity contribution in [1.82, 2.24) is 19.4 Å². The van der Waals surface area contributed by atoms with Crippen molar-refractivity contribution >= 4 is 5.91 Å². The number of carbonyl (C=O) groups is 1. The fraction of sp³-hybridized carbons (Fsp3) is 0.129. The van der Waals surface area contributed by atoms with Crippen LogP contribution in [0.4, 0.5) is 4.39 Å². The second-order valence-electron chi connectivity index (χ2n) is 8.91. The maximum absolute atomic E-state index is 13.6. The zero-order valence-corrected chi connectivity index (χ0v) is 20.8. The van der Waals surface area contributed by atoms with Crippen LogP contribution in [0.3, 0.4) is 0 Å². The van der Waals surface area contributed by atoms with Gasteiger partial charge >= 0.3 is 0 Å². The molecule has 2 heterocycles. The Hall–Kier alpha value is -4.78. The van der Waals surface area contributed by atoms with Gasteiger partial charge in [0.05, 0.1) is 12.9 Å². The van der Waals surface area contributed by atoms with Crippen molar-refractivity contribution < 1.29 is 13.9 Å². The van der Waals surface area contributed by atoms with Crippen molar-refractivity contribution in [1.29, 1.82) is 0 Å². The van der Waals surface area contributed by atoms with Gasteiger partial charge in [-0.05, 0) is 77.4 Å². The number of pyridine rings is 1. The van der Waals surface area contributed by atoms with Gasteiger partial charge < -0.3 is 14.2 Å². The van der Waals surface area contributed by atoms with Gasteiger partial charge in [0.1, 0.15) is 11.6 Å². The van der Waals surface area contributed by atoms with Gasteiger partial charge in [-0.25, -0.2) is 9.37 Å². The third kappa shape index (κ3) is 6.50. The Morgan fingerprint density at radius 3 is 2.32 bits per heavy atom. The molecule has 0 saturated carbocycles. The van der Waals surface area contributed by atoms with Crippen LogP contribution in [0.2, 0.25) is 0 Å². The van der Waals surface area contributed by atoms with E-state index >= 15 is 0 Å². The number of imidazole rings is 1. The van der Waals surface area contributed by atoms with Crippen molar-refractivity contribution in [3.05, 3.63) is 144 Å². The lowest BCUT2D eigenvalue weighted by Gasteiger charge is -2.23. The molecule has 0 spiro atoms. The van der Waals surface area contributed by atoms with Crippen molar-refractivity contribution in [3.8, 4) is 11.4 Å². The Morgan fingerprint density at radius 1 is 0.816 bits per heavy atom. The molecule has 0 aliphatic rings. The van der Waals surface area contributed by atoms with Crippen LogP contribution in [-0.4, -0.2) is 31.9 Å². The lowest BCUT2D eigenvalue weighted by molar-refractivity contribution is 0.0730. The first-order chi connectivity index (χ1) is 18.6. The van der Waals surface area contributed by atoms with E-state index in [1.54, 1.807) is 37.1 Å². The van der Waals surface area contributed by atoms with Crippen molar-refractivity contribution in [2.24, 2.45) is 0 Å². The SMILES string of the molecule is O=C(c1ccc(-n2ccnc2)cc1)N(Cc1ccncc1)Cc1cccc(OCCc2ccc(F)cc2)c1. The van der Waals surface area contributed by atoms with Gasteiger partial charge in [0.15, 0.2) is 0 Å². The third-order valence-corrected chi connectivity index (χ3v) is 6.17. The number of benzene rings is 3. The van der Waals surface area contributed by atoms with E-state index in [9.17, 15) is 9.18 Å². The summed E-state index contributed by atoms with van der Waals surface area (Å²) in [5.74, 6) is 0.412. The predicted molar refractivity (Wildman–Crippen MR) is 143 cm³/mol. The fourth-order valence-corrected chi connectivity index (χ4v) is 4.17. The first-order valence-corrected chi connectivity index (χ1v) is 12.4. The Kier molecular flexibility index (Phi) is 7.84. The molecular formula is C31H27FN4O2. The average Bonchev–Trinajstić information content (AvgIpc) is 3.50. The van der Waals surface area contributed by atoms with Crippen LogP contribution in [0.15, 0.2) is 116 Å². The number of nitrogens with zero attached hydrogens (tertiary/aromatic N) is 4. The number of aromatic nitrogens is 3. The van der Waals surface area contributed by atoms with Crippen LogP contribution < -0.4 is 4.74 Å². The highest BCUT2D eigenvalue weighted by molar-refractivity contribution is 5.94. The van der Waals surface area contributed by atoms with Crippen LogP contribution in [-0.2, 0) is 19.5 Å². The maximum Gasteiger partial charge on any atom is 0.254 e. The number of amides is 1. The molecule has 5 aromatic rings. The van der Waals surface area contributed by atoms with E-state index in [2.05, 4.69) is 9.97 Å². The summed E-state index contributed by atoms with van der Waals surface area (Å²) in [7, 11) is 0. The first kappa shape index (κ1) is 24.9. The van der Waals surface area contributed by atoms with Gasteiger partial charge in [-0.1, -0.05) is 24.3 Å². The Morgan fingerprint density at radius 2 is 1.58 bits per heavy atom. The van der Waals surface area contributed by atoms with Gasteiger partial charge in [0.25, 0.3) is 5.91 Å². The van der Waals surface area contributed by atoms with E-state index in [-0.39, 0.29) is 11.7 Å². The lowest BCUT2D eigenvalue weighted by Crippen LogP contribution is -2.30. The predicted octanol–water partition coefficient (Wildman–Crippen LogP) is 5.87. The first-order valence-electron chi connectivity index (χ1n) is 12.4. The van der Waals surface area contributed by atoms with E-state index in [4.69, 9.17) is 4.74 Å². The minimum Gasteiger partial charge on any atom is -0.493 e. The molecule has 0 aliphatic heterocycles. The smallest absolute Gasteiger partial charge is 0.254 e. The topological polar surface area (TPSA) is 60.2 Å². The van der Waals surface area contributed by atoms with Gasteiger partial charge in [0, 0.05) is 55.5 Å². The molecule has 6 nitrogen and oxygen atoms in total. The molecule has 0 fully saturated rings. The standard InChI is InChI=1S/C31H27FN4O2/c32-28-8-4-24(5-9-28)14-19-38-30-3-1-2-26(20-30)22-36(21-25-12-15-33-16-13-25)31(37)27-6-10-29(11-7-27)35-18-17-34-23-35/h1-13,15-18,20,23H,14,19,21-22H2. The number of hydrogen-bond acceptors (Lipinski definition) is 4. The van der Waals surface area contributed by atoms with E-state index in [0.717, 1.165) is 28.1 Å². The number of ether oxygens (including phenoxy) is 1. The van der Waals surface area contributed by atoms with Crippen LogP contribution >= 0.6 is 0 Å². The largest absolute Gasteiger partial charge is 0.493 e. The molecule has 1 amide bonds. The molecule has 0 atom stereocenters. The highest BCUT2D eigenvalue weighted by Gasteiger charge is 2.17. The summed E-state index contributed by atoms with van der Waals surface area (Å²) >= 11 is 0. The molecule has 2 aromatic heterocycles. The maximum atomic E-state index is 13.6. The molecule has 0 radical (unpaired) electrons. The summed E-state index contributed by atoms with van der Waals surface area (Å²) in [6, 6.07) is 25.5. The average molecular weight is 507 g/mol. The zero-order valence-electron chi connectivity index (χ0n) is 20.8. The normalized spacial score (nSPS) is 10.8. The quantitative estimate of drug-likeness (QED) is 0.238. The summed E-state index contributed by atoms with van der Waals surface area (Å²) in [6.07, 6.45) is 9.44. The molecule has 7 heteroatoms. The highest BCUT2D eigenvalue weighted by Crippen LogP contribution is 2.19. The molecular weight excluding hydrogens is 479 g/mol. The van der Waals surface area contributed by atoms with Crippen molar-refractivity contribution in [2.75, 3.05) is 6.61 Å². The molecule has 38 heavy (non-hydrogen) atoms. The molecule has 0 aliphatic carbocycles. The second kappa shape index (κ2) is 12.0. The van der Waals surface area contributed by atoms with E-state index in [0.29, 0.717) is 31.7 Å². The number of rotatable bonds is 10. The van der Waals surface area contributed by atoms with Crippen LogP contribution in [0.5, 0.6) is 5.75 Å². The molecule has 0 unspecified atom stereocenters. The van der Waals surface area contributed by atoms with Gasteiger partial charge in [0.2, 0.25) is 0 Å². The Labute approximate surface area is 221 Å². The molecule has 3 aromatic carbocycles. The van der Waals surface area contributed by atoms with E-state index < -0.39 is 0 Å². The summed E-state index contributed by atoms with van der Waals surface area (Å²) in [5.41, 5.74) is 4.51. The minimum atomic E-state index is -0.248. The lowest BCUT2D eigenvalue weighted by atomic mass is 10.1. The Balaban J connectivity index is 1.29. The highest BCUT2D eigenvalue weighted by atomic mass is 19.1. The summed E-state index contributed by atoms with van der Waals surface area (Å²) in [5, 5.41) is 0. The fourth-order valence-electron chi connectivity index (χ4n) is 4.17. The zero-order chi connectivity index (χ0) is 26.2. The molecule has 190 valence electrons. The molecule has 5 rings (SSSR count). The summed E-state index contributed by atoms with van der Waals surface area (Å²) in [6.45, 7) is 1.33. The third-order valence-electron chi connectivity index (χ3n) is 6.17. The van der Waals surface area contributed by atoms with Crippen LogP contribution in [0.1, 0.15) is 27.0 Å². The Bertz CT molecular complexity index is 1450. The van der Waals surface area contributed by atoms with Crippen LogP contribution in [0.25, 0.3) is 5.69 Å².